The number of hydrogen-bond donors (Lipinski definition) is 2. The van der Waals surface area contributed by atoms with Crippen LogP contribution in [0.25, 0.3) is 20.7 Å². The third-order valence-electron chi connectivity index (χ3n) is 5.30. The average molecular weight is 455 g/mol. The number of nitrogens with zero attached hydrogens (tertiary/aromatic N) is 2. The minimum atomic E-state index is -0.231. The van der Waals surface area contributed by atoms with Gasteiger partial charge in [0.15, 0.2) is 0 Å². The topological polar surface area (TPSA) is 71.2 Å². The summed E-state index contributed by atoms with van der Waals surface area (Å²) in [5.74, 6) is -0.231. The van der Waals surface area contributed by atoms with Crippen molar-refractivity contribution in [2.24, 2.45) is 0 Å². The first kappa shape index (κ1) is 19.5. The molecule has 3 aromatic heterocycles. The molecular formula is C22H19ClN4OS2. The predicted molar refractivity (Wildman–Crippen MR) is 127 cm³/mol. The summed E-state index contributed by atoms with van der Waals surface area (Å²) in [5, 5.41) is 6.49. The summed E-state index contributed by atoms with van der Waals surface area (Å²) in [5.41, 5.74) is 11.2. The molecule has 0 spiro atoms. The third-order valence-corrected chi connectivity index (χ3v) is 7.53. The summed E-state index contributed by atoms with van der Waals surface area (Å²) in [6.45, 7) is 1.80. The lowest BCUT2D eigenvalue weighted by Crippen LogP contribution is -2.27. The van der Waals surface area contributed by atoms with Crippen molar-refractivity contribution in [2.45, 2.75) is 13.0 Å². The van der Waals surface area contributed by atoms with Crippen LogP contribution >= 0.6 is 34.3 Å². The highest BCUT2D eigenvalue weighted by Crippen LogP contribution is 2.44. The minimum absolute atomic E-state index is 0.231. The molecular weight excluding hydrogens is 436 g/mol. The number of carbonyl (C=O) groups is 1. The lowest BCUT2D eigenvalue weighted by atomic mass is 9.96. The van der Waals surface area contributed by atoms with Crippen molar-refractivity contribution in [3.05, 3.63) is 62.9 Å². The zero-order chi connectivity index (χ0) is 20.8. The van der Waals surface area contributed by atoms with Crippen molar-refractivity contribution in [2.75, 3.05) is 24.6 Å². The van der Waals surface area contributed by atoms with E-state index in [1.165, 1.54) is 16.9 Å². The molecule has 30 heavy (non-hydrogen) atoms. The summed E-state index contributed by atoms with van der Waals surface area (Å²) in [4.78, 5) is 22.7. The molecule has 1 aromatic carbocycles. The summed E-state index contributed by atoms with van der Waals surface area (Å²) in [7, 11) is 2.12. The van der Waals surface area contributed by atoms with Gasteiger partial charge >= 0.3 is 0 Å². The van der Waals surface area contributed by atoms with Crippen molar-refractivity contribution < 1.29 is 4.79 Å². The number of nitrogens with one attached hydrogen (secondary N) is 1. The SMILES string of the molecule is CN1CCc2nc3sc(C(=O)Nc4ccc(Cl)cc4)c(N)c3c(-c3cccs3)c2C1. The Balaban J connectivity index is 1.65. The number of fused-ring (bicyclic) bond motifs is 2. The maximum absolute atomic E-state index is 13.0. The van der Waals surface area contributed by atoms with E-state index in [-0.39, 0.29) is 5.91 Å². The number of hydrogen-bond acceptors (Lipinski definition) is 6. The van der Waals surface area contributed by atoms with Gasteiger partial charge in [-0.1, -0.05) is 17.7 Å². The number of likely N-dealkylation sites (N-methyl/N-ethyl adjacent to an activating group) is 1. The first-order chi connectivity index (χ1) is 14.5. The van der Waals surface area contributed by atoms with Crippen LogP contribution in [0.3, 0.4) is 0 Å². The van der Waals surface area contributed by atoms with E-state index in [0.29, 0.717) is 21.3 Å². The highest BCUT2D eigenvalue weighted by atomic mass is 35.5. The van der Waals surface area contributed by atoms with Crippen LogP contribution in [-0.4, -0.2) is 29.4 Å². The van der Waals surface area contributed by atoms with Crippen molar-refractivity contribution in [1.82, 2.24) is 9.88 Å². The first-order valence-corrected chi connectivity index (χ1v) is 11.6. The van der Waals surface area contributed by atoms with Gasteiger partial charge in [-0.05, 0) is 48.3 Å². The average Bonchev–Trinajstić information content (AvgIpc) is 3.37. The summed E-state index contributed by atoms with van der Waals surface area (Å²) >= 11 is 8.98. The van der Waals surface area contributed by atoms with E-state index in [1.54, 1.807) is 35.6 Å². The maximum atomic E-state index is 13.0. The van der Waals surface area contributed by atoms with E-state index in [1.807, 2.05) is 6.07 Å². The molecule has 0 atom stereocenters. The van der Waals surface area contributed by atoms with E-state index in [0.717, 1.165) is 45.9 Å². The molecule has 0 radical (unpaired) electrons. The number of thiophene rings is 2. The van der Waals surface area contributed by atoms with Crippen LogP contribution < -0.4 is 11.1 Å². The lowest BCUT2D eigenvalue weighted by molar-refractivity contribution is 0.103. The molecule has 4 aromatic rings. The molecule has 0 bridgehead atoms. The van der Waals surface area contributed by atoms with Gasteiger partial charge in [-0.25, -0.2) is 4.98 Å². The Morgan fingerprint density at radius 2 is 2.07 bits per heavy atom. The van der Waals surface area contributed by atoms with E-state index in [4.69, 9.17) is 22.3 Å². The zero-order valence-electron chi connectivity index (χ0n) is 16.2. The quantitative estimate of drug-likeness (QED) is 0.428. The van der Waals surface area contributed by atoms with E-state index < -0.39 is 0 Å². The highest BCUT2D eigenvalue weighted by molar-refractivity contribution is 7.21. The second-order valence-corrected chi connectivity index (χ2v) is 9.75. The molecule has 0 saturated heterocycles. The van der Waals surface area contributed by atoms with Gasteiger partial charge in [-0.15, -0.1) is 22.7 Å². The Hall–Kier alpha value is -2.45. The van der Waals surface area contributed by atoms with E-state index in [9.17, 15) is 4.79 Å². The number of amides is 1. The van der Waals surface area contributed by atoms with Crippen LogP contribution in [-0.2, 0) is 13.0 Å². The van der Waals surface area contributed by atoms with Gasteiger partial charge < -0.3 is 16.0 Å². The molecule has 4 heterocycles. The first-order valence-electron chi connectivity index (χ1n) is 9.54. The van der Waals surface area contributed by atoms with Crippen molar-refractivity contribution >= 4 is 61.8 Å². The second kappa shape index (κ2) is 7.67. The van der Waals surface area contributed by atoms with E-state index >= 15 is 0 Å². The number of halogens is 1. The van der Waals surface area contributed by atoms with Gasteiger partial charge in [-0.3, -0.25) is 4.79 Å². The maximum Gasteiger partial charge on any atom is 0.267 e. The third kappa shape index (κ3) is 3.37. The smallest absolute Gasteiger partial charge is 0.267 e. The predicted octanol–water partition coefficient (Wildman–Crippen LogP) is 5.50. The van der Waals surface area contributed by atoms with Crippen molar-refractivity contribution in [3.63, 3.8) is 0 Å². The number of benzene rings is 1. The molecule has 0 saturated carbocycles. The number of nitrogens with two attached hydrogens (primary N) is 1. The zero-order valence-corrected chi connectivity index (χ0v) is 18.6. The van der Waals surface area contributed by atoms with Gasteiger partial charge in [0.2, 0.25) is 0 Å². The number of anilines is 2. The molecule has 3 N–H and O–H groups in total. The van der Waals surface area contributed by atoms with Gasteiger partial charge in [-0.2, -0.15) is 0 Å². The molecule has 152 valence electrons. The molecule has 5 rings (SSSR count). The fourth-order valence-electron chi connectivity index (χ4n) is 3.84. The fourth-order valence-corrected chi connectivity index (χ4v) is 5.79. The summed E-state index contributed by atoms with van der Waals surface area (Å²) in [6, 6.07) is 11.2. The van der Waals surface area contributed by atoms with E-state index in [2.05, 4.69) is 28.7 Å². The molecule has 8 heteroatoms. The number of nitrogen functional groups attached to an aromatic ring is 1. The monoisotopic (exact) mass is 454 g/mol. The van der Waals surface area contributed by atoms with Crippen LogP contribution in [0, 0.1) is 0 Å². The molecule has 5 nitrogen and oxygen atoms in total. The van der Waals surface area contributed by atoms with Crippen molar-refractivity contribution in [1.29, 1.82) is 0 Å². The Morgan fingerprint density at radius 3 is 2.80 bits per heavy atom. The number of carbonyl (C=O) groups excluding carboxylic acids is 1. The Morgan fingerprint density at radius 1 is 1.27 bits per heavy atom. The minimum Gasteiger partial charge on any atom is -0.397 e. The highest BCUT2D eigenvalue weighted by Gasteiger charge is 2.27. The normalized spacial score (nSPS) is 14.1. The van der Waals surface area contributed by atoms with Crippen LogP contribution in [0.1, 0.15) is 20.9 Å². The largest absolute Gasteiger partial charge is 0.397 e. The Bertz CT molecular complexity index is 1250. The number of rotatable bonds is 3. The standard InChI is InChI=1S/C22H19ClN4OS2/c1-27-9-8-15-14(11-27)17(16-3-2-10-29-16)18-19(24)20(30-22(18)26-15)21(28)25-13-6-4-12(23)5-7-13/h2-7,10H,8-9,11,24H2,1H3,(H,25,28). The van der Waals surface area contributed by atoms with Crippen LogP contribution in [0.5, 0.6) is 0 Å². The van der Waals surface area contributed by atoms with Crippen molar-refractivity contribution in [3.8, 4) is 10.4 Å². The number of aromatic nitrogens is 1. The Labute approximate surface area is 187 Å². The van der Waals surface area contributed by atoms with Crippen LogP contribution in [0.4, 0.5) is 11.4 Å². The fraction of sp³-hybridized carbons (Fsp3) is 0.182. The van der Waals surface area contributed by atoms with Gasteiger partial charge in [0.1, 0.15) is 9.71 Å². The van der Waals surface area contributed by atoms with Gasteiger partial charge in [0, 0.05) is 51.7 Å². The molecule has 1 aliphatic rings. The van der Waals surface area contributed by atoms with Gasteiger partial charge in [0.05, 0.1) is 5.69 Å². The molecule has 0 fully saturated rings. The molecule has 0 unspecified atom stereocenters. The van der Waals surface area contributed by atoms with Crippen LogP contribution in [0.15, 0.2) is 41.8 Å². The molecule has 0 aliphatic carbocycles. The summed E-state index contributed by atoms with van der Waals surface area (Å²) in [6.07, 6.45) is 0.893. The number of pyridine rings is 1. The van der Waals surface area contributed by atoms with Crippen LogP contribution in [0.2, 0.25) is 5.02 Å². The van der Waals surface area contributed by atoms with Gasteiger partial charge in [0.25, 0.3) is 5.91 Å². The second-order valence-electron chi connectivity index (χ2n) is 7.36. The molecule has 1 aliphatic heterocycles. The molecule has 1 amide bonds. The summed E-state index contributed by atoms with van der Waals surface area (Å²) < 4.78 is 0. The lowest BCUT2D eigenvalue weighted by Gasteiger charge is -2.26. The Kier molecular flexibility index (Phi) is 4.99.